The molecule has 2 aromatic carbocycles. The predicted molar refractivity (Wildman–Crippen MR) is 97.8 cm³/mol. The topological polar surface area (TPSA) is 74.5 Å². The van der Waals surface area contributed by atoms with Gasteiger partial charge in [0, 0.05) is 17.7 Å². The summed E-state index contributed by atoms with van der Waals surface area (Å²) in [6, 6.07) is 12.2. The van der Waals surface area contributed by atoms with Crippen molar-refractivity contribution in [3.8, 4) is 11.5 Å². The second kappa shape index (κ2) is 7.00. The average Bonchev–Trinajstić information content (AvgIpc) is 2.89. The minimum atomic E-state index is -0.229. The summed E-state index contributed by atoms with van der Waals surface area (Å²) in [5.74, 6) is 0.413. The maximum absolute atomic E-state index is 12.6. The quantitative estimate of drug-likeness (QED) is 0.519. The zero-order valence-electron chi connectivity index (χ0n) is 13.7. The third-order valence-corrected chi connectivity index (χ3v) is 3.80. The Balaban J connectivity index is 1.94. The molecule has 0 atom stereocenters. The van der Waals surface area contributed by atoms with E-state index in [1.165, 1.54) is 19.4 Å². The van der Waals surface area contributed by atoms with Crippen LogP contribution < -0.4 is 9.64 Å². The summed E-state index contributed by atoms with van der Waals surface area (Å²) in [6.07, 6.45) is 3.05. The molecule has 6 nitrogen and oxygen atoms in total. The molecule has 0 aromatic heterocycles. The fourth-order valence-corrected chi connectivity index (χ4v) is 2.58. The number of phenolic OH excluding ortho intramolecular Hbond substituents is 1. The van der Waals surface area contributed by atoms with Crippen molar-refractivity contribution in [1.82, 2.24) is 0 Å². The molecule has 6 heteroatoms. The SMILES string of the molecule is C=CCN1C(=O)/C(=N\N=C\c2cc(OC)ccc2O)c2ccccc21. The van der Waals surface area contributed by atoms with Gasteiger partial charge >= 0.3 is 0 Å². The number of phenols is 1. The number of carbonyl (C=O) groups is 1. The van der Waals surface area contributed by atoms with Gasteiger partial charge in [0.1, 0.15) is 11.5 Å². The van der Waals surface area contributed by atoms with E-state index in [1.807, 2.05) is 24.3 Å². The molecule has 0 saturated heterocycles. The number of hydrogen-bond donors (Lipinski definition) is 1. The first-order valence-corrected chi connectivity index (χ1v) is 7.66. The molecule has 0 bridgehead atoms. The molecular weight excluding hydrogens is 318 g/mol. The van der Waals surface area contributed by atoms with Crippen LogP contribution in [0.1, 0.15) is 11.1 Å². The Morgan fingerprint density at radius 3 is 2.84 bits per heavy atom. The van der Waals surface area contributed by atoms with Gasteiger partial charge in [-0.1, -0.05) is 24.3 Å². The summed E-state index contributed by atoms with van der Waals surface area (Å²) in [6.45, 7) is 4.08. The van der Waals surface area contributed by atoms with Gasteiger partial charge in [-0.25, -0.2) is 0 Å². The molecule has 1 N–H and O–H groups in total. The van der Waals surface area contributed by atoms with E-state index in [2.05, 4.69) is 16.8 Å². The van der Waals surface area contributed by atoms with Gasteiger partial charge in [-0.15, -0.1) is 11.7 Å². The van der Waals surface area contributed by atoms with E-state index < -0.39 is 0 Å². The van der Waals surface area contributed by atoms with Crippen LogP contribution in [0.2, 0.25) is 0 Å². The van der Waals surface area contributed by atoms with Crippen LogP contribution in [0.5, 0.6) is 11.5 Å². The van der Waals surface area contributed by atoms with Gasteiger partial charge in [0.25, 0.3) is 5.91 Å². The number of ether oxygens (including phenoxy) is 1. The van der Waals surface area contributed by atoms with Gasteiger partial charge in [0.2, 0.25) is 0 Å². The van der Waals surface area contributed by atoms with E-state index in [4.69, 9.17) is 4.74 Å². The Morgan fingerprint density at radius 2 is 2.08 bits per heavy atom. The third kappa shape index (κ3) is 3.14. The maximum Gasteiger partial charge on any atom is 0.279 e. The summed E-state index contributed by atoms with van der Waals surface area (Å²) in [5, 5.41) is 17.9. The second-order valence-electron chi connectivity index (χ2n) is 5.34. The standard InChI is InChI=1S/C19H17N3O3/c1-3-10-22-16-7-5-4-6-15(16)18(19(22)24)21-20-12-13-11-14(25-2)8-9-17(13)23/h3-9,11-12,23H,1,10H2,2H3/b20-12+,21-18-. The van der Waals surface area contributed by atoms with Crippen LogP contribution in [0.4, 0.5) is 5.69 Å². The minimum Gasteiger partial charge on any atom is -0.507 e. The lowest BCUT2D eigenvalue weighted by Gasteiger charge is -2.13. The first kappa shape index (κ1) is 16.4. The lowest BCUT2D eigenvalue weighted by atomic mass is 10.1. The van der Waals surface area contributed by atoms with Crippen molar-refractivity contribution in [2.45, 2.75) is 0 Å². The zero-order chi connectivity index (χ0) is 17.8. The fraction of sp³-hybridized carbons (Fsp3) is 0.105. The van der Waals surface area contributed by atoms with Gasteiger partial charge in [-0.2, -0.15) is 5.10 Å². The lowest BCUT2D eigenvalue weighted by Crippen LogP contribution is -2.30. The Labute approximate surface area is 145 Å². The highest BCUT2D eigenvalue weighted by molar-refractivity contribution is 6.54. The Morgan fingerprint density at radius 1 is 1.28 bits per heavy atom. The number of fused-ring (bicyclic) bond motifs is 1. The molecule has 126 valence electrons. The normalized spacial score (nSPS) is 15.0. The molecule has 1 aliphatic rings. The number of nitrogens with zero attached hydrogens (tertiary/aromatic N) is 3. The van der Waals surface area contributed by atoms with E-state index >= 15 is 0 Å². The molecule has 1 amide bonds. The van der Waals surface area contributed by atoms with Crippen molar-refractivity contribution < 1.29 is 14.6 Å². The molecule has 0 saturated carbocycles. The van der Waals surface area contributed by atoms with Crippen LogP contribution in [-0.4, -0.2) is 36.6 Å². The molecule has 1 heterocycles. The summed E-state index contributed by atoms with van der Waals surface area (Å²) >= 11 is 0. The van der Waals surface area contributed by atoms with Crippen molar-refractivity contribution in [1.29, 1.82) is 0 Å². The monoisotopic (exact) mass is 335 g/mol. The number of anilines is 1. The van der Waals surface area contributed by atoms with Crippen molar-refractivity contribution in [3.63, 3.8) is 0 Å². The van der Waals surface area contributed by atoms with Gasteiger partial charge in [0.05, 0.1) is 19.0 Å². The average molecular weight is 335 g/mol. The summed E-state index contributed by atoms with van der Waals surface area (Å²) in [4.78, 5) is 14.2. The number of amides is 1. The predicted octanol–water partition coefficient (Wildman–Crippen LogP) is 2.76. The highest BCUT2D eigenvalue weighted by Gasteiger charge is 2.32. The first-order valence-electron chi connectivity index (χ1n) is 7.66. The number of methoxy groups -OCH3 is 1. The van der Waals surface area contributed by atoms with Gasteiger partial charge in [0.15, 0.2) is 5.71 Å². The van der Waals surface area contributed by atoms with Crippen LogP contribution in [0, 0.1) is 0 Å². The van der Waals surface area contributed by atoms with Crippen molar-refractivity contribution in [2.75, 3.05) is 18.6 Å². The molecule has 3 rings (SSSR count). The second-order valence-corrected chi connectivity index (χ2v) is 5.34. The zero-order valence-corrected chi connectivity index (χ0v) is 13.7. The Hall–Kier alpha value is -3.41. The molecule has 1 aliphatic heterocycles. The Bertz CT molecular complexity index is 887. The fourth-order valence-electron chi connectivity index (χ4n) is 2.58. The largest absolute Gasteiger partial charge is 0.507 e. The molecule has 0 aliphatic carbocycles. The third-order valence-electron chi connectivity index (χ3n) is 3.80. The van der Waals surface area contributed by atoms with Crippen molar-refractivity contribution >= 4 is 23.5 Å². The van der Waals surface area contributed by atoms with Crippen LogP contribution in [-0.2, 0) is 4.79 Å². The van der Waals surface area contributed by atoms with Crippen LogP contribution >= 0.6 is 0 Å². The number of carbonyl (C=O) groups excluding carboxylic acids is 1. The van der Waals surface area contributed by atoms with Gasteiger partial charge < -0.3 is 14.7 Å². The van der Waals surface area contributed by atoms with E-state index in [1.54, 1.807) is 23.1 Å². The van der Waals surface area contributed by atoms with E-state index in [0.717, 1.165) is 11.3 Å². The highest BCUT2D eigenvalue weighted by Crippen LogP contribution is 2.29. The summed E-state index contributed by atoms with van der Waals surface area (Å²) in [5.41, 5.74) is 2.22. The Kier molecular flexibility index (Phi) is 4.61. The summed E-state index contributed by atoms with van der Waals surface area (Å²) < 4.78 is 5.12. The van der Waals surface area contributed by atoms with E-state index in [9.17, 15) is 9.90 Å². The van der Waals surface area contributed by atoms with Crippen LogP contribution in [0.15, 0.2) is 65.3 Å². The lowest BCUT2D eigenvalue weighted by molar-refractivity contribution is -0.112. The van der Waals surface area contributed by atoms with Gasteiger partial charge in [-0.3, -0.25) is 4.79 Å². The highest BCUT2D eigenvalue weighted by atomic mass is 16.5. The molecular formula is C19H17N3O3. The molecule has 25 heavy (non-hydrogen) atoms. The number of para-hydroxylation sites is 1. The number of aromatic hydroxyl groups is 1. The number of benzene rings is 2. The van der Waals surface area contributed by atoms with E-state index in [-0.39, 0.29) is 17.4 Å². The smallest absolute Gasteiger partial charge is 0.279 e. The molecule has 0 radical (unpaired) electrons. The number of rotatable bonds is 5. The van der Waals surface area contributed by atoms with Crippen LogP contribution in [0.25, 0.3) is 0 Å². The van der Waals surface area contributed by atoms with Crippen molar-refractivity contribution in [2.24, 2.45) is 10.2 Å². The molecule has 0 spiro atoms. The molecule has 0 unspecified atom stereocenters. The van der Waals surface area contributed by atoms with Crippen LogP contribution in [0.3, 0.4) is 0 Å². The van der Waals surface area contributed by atoms with Crippen molar-refractivity contribution in [3.05, 3.63) is 66.2 Å². The summed E-state index contributed by atoms with van der Waals surface area (Å²) in [7, 11) is 1.54. The van der Waals surface area contributed by atoms with Gasteiger partial charge in [-0.05, 0) is 24.3 Å². The maximum atomic E-state index is 12.6. The molecule has 0 fully saturated rings. The first-order chi connectivity index (χ1) is 12.2. The van der Waals surface area contributed by atoms with E-state index in [0.29, 0.717) is 17.9 Å². The molecule has 2 aromatic rings. The number of hydrogen-bond acceptors (Lipinski definition) is 5. The minimum absolute atomic E-state index is 0.0520.